The van der Waals surface area contributed by atoms with Crippen LogP contribution < -0.4 is 0 Å². The molecule has 0 atom stereocenters. The number of piperazine rings is 1. The number of benzene rings is 1. The topological polar surface area (TPSA) is 56.4 Å². The highest BCUT2D eigenvalue weighted by Crippen LogP contribution is 2.14. The molecule has 2 amide bonds. The third kappa shape index (κ3) is 3.45. The van der Waals surface area contributed by atoms with Gasteiger partial charge in [0.2, 0.25) is 5.91 Å². The van der Waals surface area contributed by atoms with Crippen molar-refractivity contribution in [3.63, 3.8) is 0 Å². The number of amides is 2. The van der Waals surface area contributed by atoms with Crippen molar-refractivity contribution in [1.29, 1.82) is 0 Å². The molecule has 126 valence electrons. The van der Waals surface area contributed by atoms with Crippen LogP contribution in [0.5, 0.6) is 0 Å². The molecule has 0 unspecified atom stereocenters. The van der Waals surface area contributed by atoms with Crippen LogP contribution in [0.25, 0.3) is 0 Å². The molecule has 0 bridgehead atoms. The molecule has 2 aromatic rings. The maximum atomic E-state index is 13.7. The van der Waals surface area contributed by atoms with E-state index < -0.39 is 17.5 Å². The Hall–Kier alpha value is -2.70. The largest absolute Gasteiger partial charge is 0.367 e. The smallest absolute Gasteiger partial charge is 0.256 e. The van der Waals surface area contributed by atoms with E-state index >= 15 is 0 Å². The average molecular weight is 333 g/mol. The third-order valence-electron chi connectivity index (χ3n) is 4.10. The van der Waals surface area contributed by atoms with Crippen molar-refractivity contribution in [2.24, 2.45) is 0 Å². The summed E-state index contributed by atoms with van der Waals surface area (Å²) in [5.41, 5.74) is 0.760. The van der Waals surface area contributed by atoms with E-state index in [0.717, 1.165) is 17.7 Å². The zero-order valence-corrected chi connectivity index (χ0v) is 13.0. The second kappa shape index (κ2) is 6.82. The number of H-pyrrole nitrogens is 1. The zero-order chi connectivity index (χ0) is 17.1. The lowest BCUT2D eigenvalue weighted by atomic mass is 10.1. The molecular formula is C17H17F2N3O2. The minimum Gasteiger partial charge on any atom is -0.367 e. The fourth-order valence-corrected chi connectivity index (χ4v) is 2.75. The van der Waals surface area contributed by atoms with Gasteiger partial charge in [-0.25, -0.2) is 8.78 Å². The lowest BCUT2D eigenvalue weighted by Gasteiger charge is -2.35. The first-order valence-electron chi connectivity index (χ1n) is 7.68. The van der Waals surface area contributed by atoms with Gasteiger partial charge in [-0.3, -0.25) is 9.59 Å². The Morgan fingerprint density at radius 1 is 1.04 bits per heavy atom. The number of aromatic amines is 1. The second-order valence-corrected chi connectivity index (χ2v) is 5.69. The number of aromatic nitrogens is 1. The highest BCUT2D eigenvalue weighted by atomic mass is 19.1. The molecule has 1 aliphatic rings. The molecule has 0 aliphatic carbocycles. The van der Waals surface area contributed by atoms with E-state index in [-0.39, 0.29) is 11.5 Å². The fraction of sp³-hybridized carbons (Fsp3) is 0.294. The predicted molar refractivity (Wildman–Crippen MR) is 83.3 cm³/mol. The standard InChI is InChI=1S/C17H17F2N3O2/c18-13-1-2-14(15(19)10-13)17(24)22-7-5-21(6-8-22)16(23)9-12-3-4-20-11-12/h1-4,10-11,20H,5-9H2. The third-order valence-corrected chi connectivity index (χ3v) is 4.10. The van der Waals surface area contributed by atoms with Gasteiger partial charge in [0.25, 0.3) is 5.91 Å². The molecule has 1 aromatic carbocycles. The van der Waals surface area contributed by atoms with Crippen LogP contribution >= 0.6 is 0 Å². The summed E-state index contributed by atoms with van der Waals surface area (Å²) in [4.78, 5) is 30.6. The van der Waals surface area contributed by atoms with Crippen molar-refractivity contribution in [3.8, 4) is 0 Å². The van der Waals surface area contributed by atoms with Crippen LogP contribution in [0.4, 0.5) is 8.78 Å². The predicted octanol–water partition coefficient (Wildman–Crippen LogP) is 1.82. The molecule has 1 saturated heterocycles. The zero-order valence-electron chi connectivity index (χ0n) is 13.0. The van der Waals surface area contributed by atoms with E-state index in [9.17, 15) is 18.4 Å². The molecular weight excluding hydrogens is 316 g/mol. The number of halogens is 2. The number of nitrogens with one attached hydrogen (secondary N) is 1. The summed E-state index contributed by atoms with van der Waals surface area (Å²) < 4.78 is 26.7. The van der Waals surface area contributed by atoms with Gasteiger partial charge in [-0.1, -0.05) is 0 Å². The normalized spacial score (nSPS) is 14.8. The quantitative estimate of drug-likeness (QED) is 0.931. The molecule has 5 nitrogen and oxygen atoms in total. The highest BCUT2D eigenvalue weighted by molar-refractivity contribution is 5.94. The fourth-order valence-electron chi connectivity index (χ4n) is 2.75. The average Bonchev–Trinajstić information content (AvgIpc) is 3.07. The van der Waals surface area contributed by atoms with Crippen LogP contribution in [0.2, 0.25) is 0 Å². The maximum Gasteiger partial charge on any atom is 0.256 e. The molecule has 1 aliphatic heterocycles. The van der Waals surface area contributed by atoms with Crippen molar-refractivity contribution < 1.29 is 18.4 Å². The van der Waals surface area contributed by atoms with Crippen LogP contribution in [-0.2, 0) is 11.2 Å². The van der Waals surface area contributed by atoms with Crippen LogP contribution in [0, 0.1) is 11.6 Å². The molecule has 1 N–H and O–H groups in total. The Balaban J connectivity index is 1.58. The lowest BCUT2D eigenvalue weighted by Crippen LogP contribution is -2.51. The minimum atomic E-state index is -0.869. The highest BCUT2D eigenvalue weighted by Gasteiger charge is 2.26. The van der Waals surface area contributed by atoms with E-state index in [1.807, 2.05) is 6.07 Å². The van der Waals surface area contributed by atoms with E-state index in [2.05, 4.69) is 4.98 Å². The molecule has 0 radical (unpaired) electrons. The van der Waals surface area contributed by atoms with Gasteiger partial charge in [0.1, 0.15) is 11.6 Å². The van der Waals surface area contributed by atoms with Crippen molar-refractivity contribution in [3.05, 3.63) is 59.4 Å². The SMILES string of the molecule is O=C(Cc1cc[nH]c1)N1CCN(C(=O)c2ccc(F)cc2F)CC1. The van der Waals surface area contributed by atoms with Gasteiger partial charge in [-0.15, -0.1) is 0 Å². The van der Waals surface area contributed by atoms with E-state index in [1.54, 1.807) is 17.3 Å². The molecule has 1 aromatic heterocycles. The van der Waals surface area contributed by atoms with Crippen LogP contribution in [0.1, 0.15) is 15.9 Å². The number of hydrogen-bond acceptors (Lipinski definition) is 2. The van der Waals surface area contributed by atoms with Gasteiger partial charge in [-0.05, 0) is 23.8 Å². The summed E-state index contributed by atoms with van der Waals surface area (Å²) in [6, 6.07) is 4.75. The number of rotatable bonds is 3. The molecule has 0 spiro atoms. The van der Waals surface area contributed by atoms with Gasteiger partial charge >= 0.3 is 0 Å². The van der Waals surface area contributed by atoms with Gasteiger partial charge in [0, 0.05) is 44.6 Å². The van der Waals surface area contributed by atoms with Gasteiger partial charge in [0.05, 0.1) is 12.0 Å². The number of carbonyl (C=O) groups is 2. The summed E-state index contributed by atoms with van der Waals surface area (Å²) in [5.74, 6) is -2.07. The Bertz CT molecular complexity index is 738. The minimum absolute atomic E-state index is 0.00494. The Morgan fingerprint density at radius 2 is 1.75 bits per heavy atom. The van der Waals surface area contributed by atoms with Crippen molar-refractivity contribution in [1.82, 2.24) is 14.8 Å². The van der Waals surface area contributed by atoms with E-state index in [1.165, 1.54) is 4.90 Å². The van der Waals surface area contributed by atoms with E-state index in [0.29, 0.717) is 38.7 Å². The van der Waals surface area contributed by atoms with Crippen LogP contribution in [-0.4, -0.2) is 52.8 Å². The summed E-state index contributed by atoms with van der Waals surface area (Å²) in [5, 5.41) is 0. The second-order valence-electron chi connectivity index (χ2n) is 5.69. The summed E-state index contributed by atoms with van der Waals surface area (Å²) in [7, 11) is 0. The number of nitrogens with zero attached hydrogens (tertiary/aromatic N) is 2. The number of hydrogen-bond donors (Lipinski definition) is 1. The first-order valence-corrected chi connectivity index (χ1v) is 7.68. The summed E-state index contributed by atoms with van der Waals surface area (Å²) in [6.45, 7) is 1.46. The van der Waals surface area contributed by atoms with Crippen LogP contribution in [0.3, 0.4) is 0 Å². The lowest BCUT2D eigenvalue weighted by molar-refractivity contribution is -0.131. The first-order chi connectivity index (χ1) is 11.5. The molecule has 7 heteroatoms. The van der Waals surface area contributed by atoms with E-state index in [4.69, 9.17) is 0 Å². The first kappa shape index (κ1) is 16.2. The Labute approximate surface area is 137 Å². The van der Waals surface area contributed by atoms with Crippen molar-refractivity contribution in [2.75, 3.05) is 26.2 Å². The molecule has 24 heavy (non-hydrogen) atoms. The summed E-state index contributed by atoms with van der Waals surface area (Å²) >= 11 is 0. The monoisotopic (exact) mass is 333 g/mol. The van der Waals surface area contributed by atoms with Gasteiger partial charge in [-0.2, -0.15) is 0 Å². The molecule has 2 heterocycles. The number of carbonyl (C=O) groups excluding carboxylic acids is 2. The molecule has 0 saturated carbocycles. The Morgan fingerprint density at radius 3 is 2.38 bits per heavy atom. The van der Waals surface area contributed by atoms with Gasteiger partial charge in [0.15, 0.2) is 0 Å². The van der Waals surface area contributed by atoms with Crippen molar-refractivity contribution >= 4 is 11.8 Å². The summed E-state index contributed by atoms with van der Waals surface area (Å²) in [6.07, 6.45) is 3.84. The van der Waals surface area contributed by atoms with Crippen LogP contribution in [0.15, 0.2) is 36.7 Å². The van der Waals surface area contributed by atoms with Crippen molar-refractivity contribution in [2.45, 2.75) is 6.42 Å². The molecule has 3 rings (SSSR count). The van der Waals surface area contributed by atoms with Gasteiger partial charge < -0.3 is 14.8 Å². The maximum absolute atomic E-state index is 13.7. The Kier molecular flexibility index (Phi) is 4.59. The molecule has 1 fully saturated rings.